The molecule has 0 aliphatic heterocycles. The maximum absolute atomic E-state index is 12.8. The number of amides is 1. The van der Waals surface area contributed by atoms with E-state index in [0.717, 1.165) is 24.9 Å². The van der Waals surface area contributed by atoms with Gasteiger partial charge >= 0.3 is 0 Å². The lowest BCUT2D eigenvalue weighted by atomic mass is 10.1. The Morgan fingerprint density at radius 2 is 2.11 bits per heavy atom. The van der Waals surface area contributed by atoms with Gasteiger partial charge in [0.25, 0.3) is 5.91 Å². The maximum atomic E-state index is 12.8. The molecule has 8 heteroatoms. The fourth-order valence-electron chi connectivity index (χ4n) is 3.41. The molecule has 0 unspecified atom stereocenters. The van der Waals surface area contributed by atoms with Crippen molar-refractivity contribution in [1.82, 2.24) is 20.0 Å². The van der Waals surface area contributed by atoms with Crippen LogP contribution in [-0.2, 0) is 17.7 Å². The summed E-state index contributed by atoms with van der Waals surface area (Å²) in [6, 6.07) is 6.20. The largest absolute Gasteiger partial charge is 0.300 e. The smallest absolute Gasteiger partial charge is 0.280 e. The highest BCUT2D eigenvalue weighted by Crippen LogP contribution is 2.26. The van der Waals surface area contributed by atoms with Crippen molar-refractivity contribution in [2.75, 3.05) is 13.4 Å². The third-order valence-electron chi connectivity index (χ3n) is 4.70. The molecule has 3 aromatic rings. The Labute approximate surface area is 159 Å². The van der Waals surface area contributed by atoms with E-state index in [1.807, 2.05) is 12.3 Å². The molecule has 0 bridgehead atoms. The van der Waals surface area contributed by atoms with Crippen LogP contribution >= 0.6 is 11.8 Å². The number of nitrogens with zero attached hydrogens (tertiary/aromatic N) is 3. The fourth-order valence-corrected chi connectivity index (χ4v) is 3.74. The van der Waals surface area contributed by atoms with Gasteiger partial charge in [0.2, 0.25) is 5.43 Å². The van der Waals surface area contributed by atoms with Crippen LogP contribution in [0.5, 0.6) is 0 Å². The highest BCUT2D eigenvalue weighted by Gasteiger charge is 2.19. The molecule has 0 radical (unpaired) electrons. The molecule has 4 rings (SSSR count). The molecule has 0 saturated carbocycles. The number of benzene rings is 1. The Hall–Kier alpha value is -2.71. The number of nitrogens with one attached hydrogen (secondary N) is 1. The molecule has 2 aromatic heterocycles. The molecule has 1 N–H and O–H groups in total. The third-order valence-corrected chi connectivity index (χ3v) is 5.27. The number of carbonyl (C=O) groups is 1. The Bertz CT molecular complexity index is 1110. The van der Waals surface area contributed by atoms with E-state index in [1.165, 1.54) is 42.4 Å². The van der Waals surface area contributed by atoms with Gasteiger partial charge in [0.15, 0.2) is 10.8 Å². The molecule has 1 aliphatic rings. The van der Waals surface area contributed by atoms with Gasteiger partial charge in [0.1, 0.15) is 5.56 Å². The fraction of sp³-hybridized carbons (Fsp3) is 0.263. The molecule has 1 aromatic carbocycles. The number of fused-ring (bicyclic) bond motifs is 2. The Balaban J connectivity index is 2.00. The van der Waals surface area contributed by atoms with Gasteiger partial charge in [0, 0.05) is 18.1 Å². The molecule has 2 heterocycles. The summed E-state index contributed by atoms with van der Waals surface area (Å²) in [6.07, 6.45) is 8.13. The normalized spacial score (nSPS) is 13.0. The van der Waals surface area contributed by atoms with E-state index in [2.05, 4.69) is 32.4 Å². The quantitative estimate of drug-likeness (QED) is 0.423. The molecule has 7 nitrogen and oxygen atoms in total. The zero-order valence-electron chi connectivity index (χ0n) is 15.0. The SMILES string of the molecule is CONC(=O)c1cn(-c2ccc3c(c2)CCC3)c2nc(SC)ncc2c1=O. The average Bonchev–Trinajstić information content (AvgIpc) is 3.16. The van der Waals surface area contributed by atoms with E-state index in [0.29, 0.717) is 10.8 Å². The van der Waals surface area contributed by atoms with Crippen LogP contribution in [0.1, 0.15) is 27.9 Å². The summed E-state index contributed by atoms with van der Waals surface area (Å²) >= 11 is 1.40. The first kappa shape index (κ1) is 17.7. The summed E-state index contributed by atoms with van der Waals surface area (Å²) in [6.45, 7) is 0. The second-order valence-corrected chi connectivity index (χ2v) is 7.05. The van der Waals surface area contributed by atoms with Crippen LogP contribution in [-0.4, -0.2) is 33.8 Å². The van der Waals surface area contributed by atoms with Crippen molar-refractivity contribution >= 4 is 28.7 Å². The van der Waals surface area contributed by atoms with Crippen LogP contribution in [0.4, 0.5) is 0 Å². The Morgan fingerprint density at radius 3 is 2.89 bits per heavy atom. The first-order valence-corrected chi connectivity index (χ1v) is 9.76. The summed E-state index contributed by atoms with van der Waals surface area (Å²) in [5, 5.41) is 0.850. The topological polar surface area (TPSA) is 86.1 Å². The number of hydrogen-bond donors (Lipinski definition) is 1. The van der Waals surface area contributed by atoms with Crippen molar-refractivity contribution in [2.45, 2.75) is 24.4 Å². The van der Waals surface area contributed by atoms with Crippen molar-refractivity contribution < 1.29 is 9.63 Å². The second kappa shape index (κ2) is 7.13. The molecule has 27 heavy (non-hydrogen) atoms. The van der Waals surface area contributed by atoms with Crippen LogP contribution in [0, 0.1) is 0 Å². The predicted octanol–water partition coefficient (Wildman–Crippen LogP) is 2.28. The molecule has 0 atom stereocenters. The van der Waals surface area contributed by atoms with Crippen molar-refractivity contribution in [2.24, 2.45) is 0 Å². The molecular weight excluding hydrogens is 364 g/mol. The standard InChI is InChI=1S/C19H18N4O3S/c1-26-22-18(25)15-10-23(13-7-6-11-4-3-5-12(11)8-13)17-14(16(15)24)9-20-19(21-17)27-2/h6-10H,3-5H2,1-2H3,(H,22,25). The van der Waals surface area contributed by atoms with Crippen molar-refractivity contribution in [1.29, 1.82) is 0 Å². The lowest BCUT2D eigenvalue weighted by Gasteiger charge is -2.14. The van der Waals surface area contributed by atoms with Crippen molar-refractivity contribution in [3.05, 3.63) is 57.5 Å². The number of thioether (sulfide) groups is 1. The first-order valence-electron chi connectivity index (χ1n) is 8.54. The number of aromatic nitrogens is 3. The number of carbonyl (C=O) groups excluding carboxylic acids is 1. The summed E-state index contributed by atoms with van der Waals surface area (Å²) in [5.74, 6) is -0.603. The van der Waals surface area contributed by atoms with E-state index in [4.69, 9.17) is 0 Å². The minimum absolute atomic E-state index is 0.0228. The number of hydroxylamine groups is 1. The van der Waals surface area contributed by atoms with E-state index in [1.54, 1.807) is 4.57 Å². The highest BCUT2D eigenvalue weighted by molar-refractivity contribution is 7.98. The van der Waals surface area contributed by atoms with Gasteiger partial charge < -0.3 is 4.57 Å². The maximum Gasteiger partial charge on any atom is 0.280 e. The van der Waals surface area contributed by atoms with Crippen LogP contribution in [0.15, 0.2) is 40.5 Å². The summed E-state index contributed by atoms with van der Waals surface area (Å²) in [7, 11) is 1.33. The summed E-state index contributed by atoms with van der Waals surface area (Å²) in [4.78, 5) is 38.5. The first-order chi connectivity index (χ1) is 13.1. The minimum Gasteiger partial charge on any atom is -0.300 e. The zero-order valence-corrected chi connectivity index (χ0v) is 15.8. The summed E-state index contributed by atoms with van der Waals surface area (Å²) in [5.41, 5.74) is 5.74. The van der Waals surface area contributed by atoms with Gasteiger partial charge in [-0.2, -0.15) is 0 Å². The number of hydrogen-bond acceptors (Lipinski definition) is 6. The van der Waals surface area contributed by atoms with Crippen LogP contribution < -0.4 is 10.9 Å². The molecular formula is C19H18N4O3S. The van der Waals surface area contributed by atoms with Gasteiger partial charge in [-0.05, 0) is 48.8 Å². The number of pyridine rings is 1. The lowest BCUT2D eigenvalue weighted by Crippen LogP contribution is -2.29. The minimum atomic E-state index is -0.603. The number of rotatable bonds is 4. The monoisotopic (exact) mass is 382 g/mol. The van der Waals surface area contributed by atoms with Gasteiger partial charge in [-0.15, -0.1) is 0 Å². The van der Waals surface area contributed by atoms with Crippen LogP contribution in [0.25, 0.3) is 16.7 Å². The second-order valence-electron chi connectivity index (χ2n) is 6.28. The molecule has 0 fully saturated rings. The Kier molecular flexibility index (Phi) is 4.67. The lowest BCUT2D eigenvalue weighted by molar-refractivity contribution is 0.0536. The van der Waals surface area contributed by atoms with E-state index >= 15 is 0 Å². The van der Waals surface area contributed by atoms with E-state index in [-0.39, 0.29) is 10.9 Å². The highest BCUT2D eigenvalue weighted by atomic mass is 32.2. The van der Waals surface area contributed by atoms with Crippen LogP contribution in [0.2, 0.25) is 0 Å². The molecule has 1 amide bonds. The summed E-state index contributed by atoms with van der Waals surface area (Å²) < 4.78 is 1.78. The molecule has 138 valence electrons. The molecule has 0 spiro atoms. The van der Waals surface area contributed by atoms with Crippen LogP contribution in [0.3, 0.4) is 0 Å². The molecule has 1 aliphatic carbocycles. The van der Waals surface area contributed by atoms with Gasteiger partial charge in [-0.1, -0.05) is 17.8 Å². The van der Waals surface area contributed by atoms with E-state index < -0.39 is 11.3 Å². The van der Waals surface area contributed by atoms with Gasteiger partial charge in [0.05, 0.1) is 12.5 Å². The zero-order chi connectivity index (χ0) is 19.0. The third kappa shape index (κ3) is 3.11. The van der Waals surface area contributed by atoms with E-state index in [9.17, 15) is 9.59 Å². The van der Waals surface area contributed by atoms with Crippen molar-refractivity contribution in [3.8, 4) is 5.69 Å². The number of aryl methyl sites for hydroxylation is 2. The molecule has 0 saturated heterocycles. The Morgan fingerprint density at radius 1 is 1.30 bits per heavy atom. The van der Waals surface area contributed by atoms with Gasteiger partial charge in [-0.3, -0.25) is 14.4 Å². The van der Waals surface area contributed by atoms with Gasteiger partial charge in [-0.25, -0.2) is 15.4 Å². The average molecular weight is 382 g/mol. The predicted molar refractivity (Wildman–Crippen MR) is 103 cm³/mol. The van der Waals surface area contributed by atoms with Crippen molar-refractivity contribution in [3.63, 3.8) is 0 Å².